The number of hydrogen-bond donors (Lipinski definition) is 1. The van der Waals surface area contributed by atoms with E-state index in [0.717, 1.165) is 43.1 Å². The Morgan fingerprint density at radius 1 is 0.958 bits per heavy atom. The Morgan fingerprint density at radius 3 is 2.17 bits per heavy atom. The summed E-state index contributed by atoms with van der Waals surface area (Å²) in [5, 5.41) is 11.8. The van der Waals surface area contributed by atoms with Crippen LogP contribution in [0.3, 0.4) is 0 Å². The van der Waals surface area contributed by atoms with E-state index in [1.165, 1.54) is 11.1 Å². The highest BCUT2D eigenvalue weighted by atomic mass is 35.5. The van der Waals surface area contributed by atoms with Gasteiger partial charge in [0.1, 0.15) is 0 Å². The van der Waals surface area contributed by atoms with Crippen LogP contribution in [0, 0.1) is 0 Å². The zero-order valence-corrected chi connectivity index (χ0v) is 15.0. The number of benzene rings is 2. The molecule has 1 heterocycles. The third-order valence-electron chi connectivity index (χ3n) is 4.48. The van der Waals surface area contributed by atoms with E-state index < -0.39 is 6.10 Å². The molecule has 4 heteroatoms. The van der Waals surface area contributed by atoms with E-state index in [9.17, 15) is 5.11 Å². The lowest BCUT2D eigenvalue weighted by atomic mass is 9.99. The minimum atomic E-state index is -0.441. The van der Waals surface area contributed by atoms with Gasteiger partial charge >= 0.3 is 0 Å². The molecular weight excluding hydrogens is 341 g/mol. The average molecular weight is 362 g/mol. The standard InChI is InChI=1S/C20H21Cl2NO/c21-18-5-1-15(2-6-18)16-9-12-23(13-10-16)14-11-20(24)17-3-7-19(22)8-4-17/h1-9,20,24H,10-14H2. The third-order valence-corrected chi connectivity index (χ3v) is 4.99. The second-order valence-electron chi connectivity index (χ2n) is 6.14. The summed E-state index contributed by atoms with van der Waals surface area (Å²) in [6.45, 7) is 2.82. The van der Waals surface area contributed by atoms with Gasteiger partial charge in [-0.3, -0.25) is 4.90 Å². The Hall–Kier alpha value is -1.32. The molecule has 0 bridgehead atoms. The first kappa shape index (κ1) is 17.5. The second kappa shape index (κ2) is 8.17. The maximum Gasteiger partial charge on any atom is 0.0802 e. The minimum Gasteiger partial charge on any atom is -0.388 e. The van der Waals surface area contributed by atoms with Crippen LogP contribution in [0.4, 0.5) is 0 Å². The van der Waals surface area contributed by atoms with Gasteiger partial charge in [-0.2, -0.15) is 0 Å². The van der Waals surface area contributed by atoms with Crippen molar-refractivity contribution in [3.05, 3.63) is 75.8 Å². The molecule has 2 aromatic rings. The Labute approximate surface area is 153 Å². The third kappa shape index (κ3) is 4.61. The fourth-order valence-electron chi connectivity index (χ4n) is 3.00. The number of aliphatic hydroxyl groups is 1. The molecule has 24 heavy (non-hydrogen) atoms. The summed E-state index contributed by atoms with van der Waals surface area (Å²) in [5.41, 5.74) is 3.55. The average Bonchev–Trinajstić information content (AvgIpc) is 2.61. The van der Waals surface area contributed by atoms with Gasteiger partial charge in [0, 0.05) is 29.7 Å². The van der Waals surface area contributed by atoms with Gasteiger partial charge in [-0.15, -0.1) is 0 Å². The SMILES string of the molecule is OC(CCN1CC=C(c2ccc(Cl)cc2)CC1)c1ccc(Cl)cc1. The molecule has 2 aromatic carbocycles. The zero-order valence-electron chi connectivity index (χ0n) is 13.5. The largest absolute Gasteiger partial charge is 0.388 e. The Bertz CT molecular complexity index is 695. The highest BCUT2D eigenvalue weighted by Gasteiger charge is 2.15. The van der Waals surface area contributed by atoms with Crippen LogP contribution in [0.5, 0.6) is 0 Å². The van der Waals surface area contributed by atoms with Crippen molar-refractivity contribution in [3.8, 4) is 0 Å². The molecule has 0 amide bonds. The van der Waals surface area contributed by atoms with Crippen molar-refractivity contribution in [3.63, 3.8) is 0 Å². The fourth-order valence-corrected chi connectivity index (χ4v) is 3.25. The number of rotatable bonds is 5. The molecule has 1 unspecified atom stereocenters. The van der Waals surface area contributed by atoms with E-state index in [1.54, 1.807) is 0 Å². The molecule has 0 spiro atoms. The summed E-state index contributed by atoms with van der Waals surface area (Å²) < 4.78 is 0. The van der Waals surface area contributed by atoms with E-state index in [4.69, 9.17) is 23.2 Å². The summed E-state index contributed by atoms with van der Waals surface area (Å²) in [7, 11) is 0. The Morgan fingerprint density at radius 2 is 1.58 bits per heavy atom. The highest BCUT2D eigenvalue weighted by Crippen LogP contribution is 2.25. The van der Waals surface area contributed by atoms with Gasteiger partial charge in [-0.1, -0.05) is 53.5 Å². The molecule has 1 aliphatic heterocycles. The summed E-state index contributed by atoms with van der Waals surface area (Å²) in [6, 6.07) is 15.5. The molecule has 0 aliphatic carbocycles. The molecule has 1 aliphatic rings. The topological polar surface area (TPSA) is 23.5 Å². The first-order chi connectivity index (χ1) is 11.6. The predicted molar refractivity (Wildman–Crippen MR) is 102 cm³/mol. The van der Waals surface area contributed by atoms with Crippen LogP contribution < -0.4 is 0 Å². The summed E-state index contributed by atoms with van der Waals surface area (Å²) >= 11 is 11.8. The fraction of sp³-hybridized carbons (Fsp3) is 0.300. The van der Waals surface area contributed by atoms with Crippen molar-refractivity contribution in [2.24, 2.45) is 0 Å². The summed E-state index contributed by atoms with van der Waals surface area (Å²) in [5.74, 6) is 0. The van der Waals surface area contributed by atoms with Crippen molar-refractivity contribution in [1.82, 2.24) is 4.90 Å². The number of aliphatic hydroxyl groups excluding tert-OH is 1. The van der Waals surface area contributed by atoms with E-state index >= 15 is 0 Å². The molecule has 0 fully saturated rings. The van der Waals surface area contributed by atoms with Crippen molar-refractivity contribution in [1.29, 1.82) is 0 Å². The van der Waals surface area contributed by atoms with Crippen LogP contribution in [0.2, 0.25) is 10.0 Å². The van der Waals surface area contributed by atoms with Crippen LogP contribution in [-0.2, 0) is 0 Å². The lowest BCUT2D eigenvalue weighted by Gasteiger charge is -2.27. The molecular formula is C20H21Cl2NO. The van der Waals surface area contributed by atoms with Crippen LogP contribution >= 0.6 is 23.2 Å². The van der Waals surface area contributed by atoms with Gasteiger partial charge in [-0.05, 0) is 53.8 Å². The van der Waals surface area contributed by atoms with E-state index in [-0.39, 0.29) is 0 Å². The predicted octanol–water partition coefficient (Wildman–Crippen LogP) is 5.21. The molecule has 1 atom stereocenters. The lowest BCUT2D eigenvalue weighted by molar-refractivity contribution is 0.145. The van der Waals surface area contributed by atoms with Crippen molar-refractivity contribution in [2.75, 3.05) is 19.6 Å². The summed E-state index contributed by atoms with van der Waals surface area (Å²) in [4.78, 5) is 2.37. The molecule has 0 saturated carbocycles. The van der Waals surface area contributed by atoms with Gasteiger partial charge in [0.15, 0.2) is 0 Å². The van der Waals surface area contributed by atoms with Crippen LogP contribution in [-0.4, -0.2) is 29.6 Å². The van der Waals surface area contributed by atoms with Crippen LogP contribution in [0.25, 0.3) is 5.57 Å². The maximum atomic E-state index is 10.3. The Kier molecular flexibility index (Phi) is 5.96. The first-order valence-corrected chi connectivity index (χ1v) is 8.98. The normalized spacial score (nSPS) is 16.7. The van der Waals surface area contributed by atoms with Gasteiger partial charge in [0.05, 0.1) is 6.10 Å². The minimum absolute atomic E-state index is 0.441. The number of nitrogens with zero attached hydrogens (tertiary/aromatic N) is 1. The quantitative estimate of drug-likeness (QED) is 0.790. The lowest BCUT2D eigenvalue weighted by Crippen LogP contribution is -2.30. The smallest absolute Gasteiger partial charge is 0.0802 e. The molecule has 126 valence electrons. The van der Waals surface area contributed by atoms with Crippen LogP contribution in [0.15, 0.2) is 54.6 Å². The van der Waals surface area contributed by atoms with Crippen LogP contribution in [0.1, 0.15) is 30.1 Å². The van der Waals surface area contributed by atoms with E-state index in [2.05, 4.69) is 23.1 Å². The number of halogens is 2. The molecule has 0 radical (unpaired) electrons. The molecule has 0 saturated heterocycles. The van der Waals surface area contributed by atoms with E-state index in [0.29, 0.717) is 5.02 Å². The Balaban J connectivity index is 1.51. The zero-order chi connectivity index (χ0) is 16.9. The van der Waals surface area contributed by atoms with Gasteiger partial charge in [0.25, 0.3) is 0 Å². The molecule has 2 nitrogen and oxygen atoms in total. The van der Waals surface area contributed by atoms with Gasteiger partial charge < -0.3 is 5.11 Å². The van der Waals surface area contributed by atoms with Crippen molar-refractivity contribution >= 4 is 28.8 Å². The first-order valence-electron chi connectivity index (χ1n) is 8.22. The van der Waals surface area contributed by atoms with Gasteiger partial charge in [-0.25, -0.2) is 0 Å². The van der Waals surface area contributed by atoms with Gasteiger partial charge in [0.2, 0.25) is 0 Å². The monoisotopic (exact) mass is 361 g/mol. The highest BCUT2D eigenvalue weighted by molar-refractivity contribution is 6.30. The maximum absolute atomic E-state index is 10.3. The van der Waals surface area contributed by atoms with E-state index in [1.807, 2.05) is 36.4 Å². The molecule has 3 rings (SSSR count). The molecule has 0 aromatic heterocycles. The van der Waals surface area contributed by atoms with Crippen molar-refractivity contribution < 1.29 is 5.11 Å². The number of hydrogen-bond acceptors (Lipinski definition) is 2. The molecule has 1 N–H and O–H groups in total. The second-order valence-corrected chi connectivity index (χ2v) is 7.02. The van der Waals surface area contributed by atoms with Crippen molar-refractivity contribution in [2.45, 2.75) is 18.9 Å². The summed E-state index contributed by atoms with van der Waals surface area (Å²) in [6.07, 6.45) is 3.59.